The zero-order valence-electron chi connectivity index (χ0n) is 19.8. The summed E-state index contributed by atoms with van der Waals surface area (Å²) in [5, 5.41) is 9.70. The maximum atomic E-state index is 12.7. The van der Waals surface area contributed by atoms with Gasteiger partial charge in [0, 0.05) is 60.7 Å². The number of amides is 3. The van der Waals surface area contributed by atoms with Crippen molar-refractivity contribution in [2.24, 2.45) is 0 Å². The lowest BCUT2D eigenvalue weighted by molar-refractivity contribution is -0.123. The first-order chi connectivity index (χ1) is 17.0. The fourth-order valence-electron chi connectivity index (χ4n) is 4.55. The first-order valence-corrected chi connectivity index (χ1v) is 12.3. The molecule has 0 bridgehead atoms. The molecule has 2 atom stereocenters. The SMILES string of the molecule is COc1ccc([C@@H]2CN(CC(=O)NC3CCOCC3)CC[C@H]2NC(=O)Nc2ccc(Cl)cc2)nc1. The van der Waals surface area contributed by atoms with Crippen molar-refractivity contribution in [1.29, 1.82) is 0 Å². The van der Waals surface area contributed by atoms with Gasteiger partial charge in [-0.1, -0.05) is 11.6 Å². The van der Waals surface area contributed by atoms with Crippen LogP contribution in [0.4, 0.5) is 10.5 Å². The zero-order valence-corrected chi connectivity index (χ0v) is 20.6. The van der Waals surface area contributed by atoms with Crippen LogP contribution in [-0.2, 0) is 9.53 Å². The Morgan fingerprint density at radius 3 is 2.57 bits per heavy atom. The quantitative estimate of drug-likeness (QED) is 0.538. The van der Waals surface area contributed by atoms with E-state index in [1.165, 1.54) is 0 Å². The number of hydrogen-bond donors (Lipinski definition) is 3. The van der Waals surface area contributed by atoms with Crippen LogP contribution < -0.4 is 20.7 Å². The second kappa shape index (κ2) is 12.2. The first kappa shape index (κ1) is 25.2. The highest BCUT2D eigenvalue weighted by Gasteiger charge is 2.33. The first-order valence-electron chi connectivity index (χ1n) is 11.9. The number of carbonyl (C=O) groups excluding carboxylic acids is 2. The van der Waals surface area contributed by atoms with Crippen LogP contribution in [0.1, 0.15) is 30.9 Å². The molecule has 0 aliphatic carbocycles. The van der Waals surface area contributed by atoms with Crippen LogP contribution >= 0.6 is 11.6 Å². The highest BCUT2D eigenvalue weighted by atomic mass is 35.5. The Labute approximate surface area is 210 Å². The number of hydrogen-bond acceptors (Lipinski definition) is 6. The average molecular weight is 502 g/mol. The molecule has 1 aromatic carbocycles. The molecule has 4 rings (SSSR count). The Kier molecular flexibility index (Phi) is 8.79. The van der Waals surface area contributed by atoms with Gasteiger partial charge in [-0.15, -0.1) is 0 Å². The predicted molar refractivity (Wildman–Crippen MR) is 134 cm³/mol. The number of anilines is 1. The molecule has 2 aromatic rings. The Morgan fingerprint density at radius 2 is 1.89 bits per heavy atom. The van der Waals surface area contributed by atoms with E-state index in [0.717, 1.165) is 18.5 Å². The minimum absolute atomic E-state index is 0.0187. The summed E-state index contributed by atoms with van der Waals surface area (Å²) in [5.74, 6) is 0.606. The second-order valence-electron chi connectivity index (χ2n) is 8.92. The molecule has 3 amide bonds. The van der Waals surface area contributed by atoms with Gasteiger partial charge in [0.05, 0.1) is 19.9 Å². The van der Waals surface area contributed by atoms with E-state index in [9.17, 15) is 9.59 Å². The molecule has 188 valence electrons. The third-order valence-electron chi connectivity index (χ3n) is 6.44. The zero-order chi connectivity index (χ0) is 24.6. The molecule has 10 heteroatoms. The molecule has 1 aromatic heterocycles. The van der Waals surface area contributed by atoms with Crippen molar-refractivity contribution in [3.05, 3.63) is 53.3 Å². The standard InChI is InChI=1S/C25H32ClN5O4/c1-34-20-6-7-22(27-14-20)21-15-31(16-24(32)28-19-9-12-35-13-10-19)11-8-23(21)30-25(33)29-18-4-2-17(26)3-5-18/h2-7,14,19,21,23H,8-13,15-16H2,1H3,(H,28,32)(H2,29,30,33)/t21-,23+/m0/s1. The van der Waals surface area contributed by atoms with Gasteiger partial charge in [0.2, 0.25) is 5.91 Å². The second-order valence-corrected chi connectivity index (χ2v) is 9.36. The van der Waals surface area contributed by atoms with Gasteiger partial charge in [-0.2, -0.15) is 0 Å². The molecule has 35 heavy (non-hydrogen) atoms. The fraction of sp³-hybridized carbons (Fsp3) is 0.480. The molecule has 2 fully saturated rings. The molecule has 2 saturated heterocycles. The maximum absolute atomic E-state index is 12.7. The monoisotopic (exact) mass is 501 g/mol. The summed E-state index contributed by atoms with van der Waals surface area (Å²) in [5.41, 5.74) is 1.50. The summed E-state index contributed by atoms with van der Waals surface area (Å²) in [6, 6.07) is 10.5. The highest BCUT2D eigenvalue weighted by Crippen LogP contribution is 2.27. The number of benzene rings is 1. The van der Waals surface area contributed by atoms with Crippen LogP contribution in [0.2, 0.25) is 5.02 Å². The number of nitrogens with zero attached hydrogens (tertiary/aromatic N) is 2. The molecule has 0 spiro atoms. The van der Waals surface area contributed by atoms with Crippen molar-refractivity contribution in [2.75, 3.05) is 45.3 Å². The van der Waals surface area contributed by atoms with E-state index < -0.39 is 0 Å². The number of aromatic nitrogens is 1. The third kappa shape index (κ3) is 7.30. The molecule has 0 saturated carbocycles. The minimum Gasteiger partial charge on any atom is -0.495 e. The number of methoxy groups -OCH3 is 1. The van der Waals surface area contributed by atoms with Gasteiger partial charge in [-0.25, -0.2) is 4.79 Å². The molecule has 2 aliphatic rings. The number of carbonyl (C=O) groups is 2. The Bertz CT molecular complexity index is 982. The van der Waals surface area contributed by atoms with E-state index in [2.05, 4.69) is 25.8 Å². The van der Waals surface area contributed by atoms with Crippen molar-refractivity contribution in [2.45, 2.75) is 37.3 Å². The molecule has 9 nitrogen and oxygen atoms in total. The Balaban J connectivity index is 1.40. The van der Waals surface area contributed by atoms with Gasteiger partial charge < -0.3 is 25.4 Å². The molecular weight excluding hydrogens is 470 g/mol. The summed E-state index contributed by atoms with van der Waals surface area (Å²) in [4.78, 5) is 32.1. The van der Waals surface area contributed by atoms with Crippen LogP contribution in [0.15, 0.2) is 42.6 Å². The largest absolute Gasteiger partial charge is 0.495 e. The normalized spacial score (nSPS) is 21.2. The van der Waals surface area contributed by atoms with E-state index in [-0.39, 0.29) is 29.9 Å². The number of pyridine rings is 1. The van der Waals surface area contributed by atoms with Crippen LogP contribution in [0.5, 0.6) is 5.75 Å². The maximum Gasteiger partial charge on any atom is 0.319 e. The highest BCUT2D eigenvalue weighted by molar-refractivity contribution is 6.30. The van der Waals surface area contributed by atoms with E-state index in [1.54, 1.807) is 37.6 Å². The number of piperidine rings is 1. The lowest BCUT2D eigenvalue weighted by Gasteiger charge is -2.38. The van der Waals surface area contributed by atoms with Gasteiger partial charge >= 0.3 is 6.03 Å². The number of ether oxygens (including phenoxy) is 2. The van der Waals surface area contributed by atoms with Crippen LogP contribution in [0.3, 0.4) is 0 Å². The van der Waals surface area contributed by atoms with Crippen molar-refractivity contribution < 1.29 is 19.1 Å². The average Bonchev–Trinajstić information content (AvgIpc) is 2.87. The third-order valence-corrected chi connectivity index (χ3v) is 6.70. The van der Waals surface area contributed by atoms with Crippen LogP contribution in [0.25, 0.3) is 0 Å². The summed E-state index contributed by atoms with van der Waals surface area (Å²) < 4.78 is 10.6. The van der Waals surface area contributed by atoms with E-state index >= 15 is 0 Å². The lowest BCUT2D eigenvalue weighted by atomic mass is 9.88. The number of halogens is 1. The molecule has 0 unspecified atom stereocenters. The van der Waals surface area contributed by atoms with Crippen molar-refractivity contribution in [3.63, 3.8) is 0 Å². The van der Waals surface area contributed by atoms with Crippen molar-refractivity contribution in [3.8, 4) is 5.75 Å². The summed E-state index contributed by atoms with van der Waals surface area (Å²) in [6.07, 6.45) is 4.06. The molecule has 0 radical (unpaired) electrons. The molecule has 3 N–H and O–H groups in total. The van der Waals surface area contributed by atoms with Crippen molar-refractivity contribution >= 4 is 29.2 Å². The number of nitrogens with one attached hydrogen (secondary N) is 3. The fourth-order valence-corrected chi connectivity index (χ4v) is 4.68. The van der Waals surface area contributed by atoms with E-state index in [1.807, 2.05) is 12.1 Å². The minimum atomic E-state index is -0.290. The van der Waals surface area contributed by atoms with Gasteiger partial charge in [-0.05, 0) is 55.7 Å². The predicted octanol–water partition coefficient (Wildman–Crippen LogP) is 3.02. The summed E-state index contributed by atoms with van der Waals surface area (Å²) in [7, 11) is 1.60. The molecule has 3 heterocycles. The van der Waals surface area contributed by atoms with Gasteiger partial charge in [0.15, 0.2) is 0 Å². The molecular formula is C25H32ClN5O4. The summed E-state index contributed by atoms with van der Waals surface area (Å²) in [6.45, 7) is 2.98. The smallest absolute Gasteiger partial charge is 0.319 e. The number of rotatable bonds is 7. The van der Waals surface area contributed by atoms with E-state index in [0.29, 0.717) is 55.7 Å². The molecule has 2 aliphatic heterocycles. The topological polar surface area (TPSA) is 105 Å². The summed E-state index contributed by atoms with van der Waals surface area (Å²) >= 11 is 5.93. The van der Waals surface area contributed by atoms with Gasteiger partial charge in [-0.3, -0.25) is 14.7 Å². The number of urea groups is 1. The Morgan fingerprint density at radius 1 is 1.11 bits per heavy atom. The number of likely N-dealkylation sites (tertiary alicyclic amines) is 1. The van der Waals surface area contributed by atoms with E-state index in [4.69, 9.17) is 21.1 Å². The van der Waals surface area contributed by atoms with Crippen molar-refractivity contribution in [1.82, 2.24) is 20.5 Å². The van der Waals surface area contributed by atoms with Gasteiger partial charge in [0.25, 0.3) is 0 Å². The van der Waals surface area contributed by atoms with Gasteiger partial charge in [0.1, 0.15) is 5.75 Å². The van der Waals surface area contributed by atoms with Crippen LogP contribution in [0, 0.1) is 0 Å². The lowest BCUT2D eigenvalue weighted by Crippen LogP contribution is -2.53. The van der Waals surface area contributed by atoms with Crippen LogP contribution in [-0.4, -0.2) is 73.9 Å². The Hall–Kier alpha value is -2.88.